The molecule has 144 valence electrons. The van der Waals surface area contributed by atoms with Crippen molar-refractivity contribution in [2.45, 2.75) is 32.4 Å². The van der Waals surface area contributed by atoms with Gasteiger partial charge in [0.1, 0.15) is 5.82 Å². The lowest BCUT2D eigenvalue weighted by Gasteiger charge is -2.23. The maximum Gasteiger partial charge on any atom is 0.223 e. The smallest absolute Gasteiger partial charge is 0.223 e. The summed E-state index contributed by atoms with van der Waals surface area (Å²) in [6.45, 7) is 4.20. The first-order valence-electron chi connectivity index (χ1n) is 9.50. The first-order valence-corrected chi connectivity index (χ1v) is 10.4. The maximum atomic E-state index is 13.0. The Morgan fingerprint density at radius 1 is 1.18 bits per heavy atom. The average molecular weight is 393 g/mol. The third kappa shape index (κ3) is 3.87. The van der Waals surface area contributed by atoms with Crippen molar-refractivity contribution < 1.29 is 4.79 Å². The minimum atomic E-state index is -0.160. The molecule has 0 fully saturated rings. The fraction of sp³-hybridized carbons (Fsp3) is 0.273. The third-order valence-corrected chi connectivity index (χ3v) is 5.68. The van der Waals surface area contributed by atoms with E-state index in [-0.39, 0.29) is 23.9 Å². The molecule has 0 saturated carbocycles. The monoisotopic (exact) mass is 392 g/mol. The molecule has 4 rings (SSSR count). The number of fused-ring (bicyclic) bond motifs is 1. The largest absolute Gasteiger partial charge is 0.346 e. The second-order valence-corrected chi connectivity index (χ2v) is 8.12. The van der Waals surface area contributed by atoms with E-state index in [1.54, 1.807) is 11.3 Å². The van der Waals surface area contributed by atoms with E-state index in [1.807, 2.05) is 48.8 Å². The maximum absolute atomic E-state index is 13.0. The van der Waals surface area contributed by atoms with Gasteiger partial charge >= 0.3 is 0 Å². The summed E-state index contributed by atoms with van der Waals surface area (Å²) in [5.74, 6) is 1.04. The van der Waals surface area contributed by atoms with Crippen LogP contribution in [0, 0.1) is 5.92 Å². The molecule has 1 aromatic carbocycles. The lowest BCUT2D eigenvalue weighted by Crippen LogP contribution is -2.34. The van der Waals surface area contributed by atoms with Crippen molar-refractivity contribution in [3.63, 3.8) is 0 Å². The van der Waals surface area contributed by atoms with Gasteiger partial charge in [-0.3, -0.25) is 4.79 Å². The molecule has 3 aromatic heterocycles. The SMILES string of the molecule is CC(C)[C@H](NC(=O)CC(c1ccsc1)n1cccc1)c1nc2ccccc2[nH]1. The van der Waals surface area contributed by atoms with Crippen LogP contribution in [0.15, 0.2) is 65.6 Å². The first-order chi connectivity index (χ1) is 13.6. The van der Waals surface area contributed by atoms with Crippen LogP contribution >= 0.6 is 11.3 Å². The summed E-state index contributed by atoms with van der Waals surface area (Å²) in [6.07, 6.45) is 4.40. The van der Waals surface area contributed by atoms with Gasteiger partial charge in [-0.2, -0.15) is 11.3 Å². The molecule has 0 aliphatic carbocycles. The number of thiophene rings is 1. The van der Waals surface area contributed by atoms with E-state index in [0.717, 1.165) is 22.4 Å². The fourth-order valence-corrected chi connectivity index (χ4v) is 4.20. The highest BCUT2D eigenvalue weighted by Crippen LogP contribution is 2.26. The minimum Gasteiger partial charge on any atom is -0.346 e. The Bertz CT molecular complexity index is 967. The van der Waals surface area contributed by atoms with Gasteiger partial charge < -0.3 is 14.9 Å². The Balaban J connectivity index is 1.54. The summed E-state index contributed by atoms with van der Waals surface area (Å²) in [7, 11) is 0. The molecule has 0 bridgehead atoms. The van der Waals surface area contributed by atoms with E-state index in [2.05, 4.69) is 45.5 Å². The van der Waals surface area contributed by atoms with Gasteiger partial charge in [0.25, 0.3) is 0 Å². The Morgan fingerprint density at radius 3 is 2.64 bits per heavy atom. The van der Waals surface area contributed by atoms with Crippen LogP contribution in [0.2, 0.25) is 0 Å². The second-order valence-electron chi connectivity index (χ2n) is 7.34. The van der Waals surface area contributed by atoms with E-state index in [0.29, 0.717) is 6.42 Å². The summed E-state index contributed by atoms with van der Waals surface area (Å²) >= 11 is 1.65. The summed E-state index contributed by atoms with van der Waals surface area (Å²) in [4.78, 5) is 21.0. The number of H-pyrrole nitrogens is 1. The average Bonchev–Trinajstić information content (AvgIpc) is 3.45. The van der Waals surface area contributed by atoms with Crippen LogP contribution in [0.4, 0.5) is 0 Å². The van der Waals surface area contributed by atoms with Gasteiger partial charge in [0.15, 0.2) is 0 Å². The summed E-state index contributed by atoms with van der Waals surface area (Å²) < 4.78 is 2.09. The zero-order chi connectivity index (χ0) is 19.5. The number of rotatable bonds is 7. The predicted octanol–water partition coefficient (Wildman–Crippen LogP) is 4.92. The van der Waals surface area contributed by atoms with Gasteiger partial charge in [-0.1, -0.05) is 26.0 Å². The zero-order valence-corrected chi connectivity index (χ0v) is 16.8. The molecule has 6 heteroatoms. The minimum absolute atomic E-state index is 0.00950. The fourth-order valence-electron chi connectivity index (χ4n) is 3.49. The van der Waals surface area contributed by atoms with E-state index in [9.17, 15) is 4.79 Å². The topological polar surface area (TPSA) is 62.7 Å². The summed E-state index contributed by atoms with van der Waals surface area (Å²) in [6, 6.07) is 13.8. The Labute approximate surface area is 168 Å². The van der Waals surface area contributed by atoms with E-state index >= 15 is 0 Å². The number of nitrogens with one attached hydrogen (secondary N) is 2. The molecule has 2 N–H and O–H groups in total. The van der Waals surface area contributed by atoms with Crippen LogP contribution in [-0.2, 0) is 4.79 Å². The summed E-state index contributed by atoms with van der Waals surface area (Å²) in [5.41, 5.74) is 3.06. The lowest BCUT2D eigenvalue weighted by atomic mass is 10.0. The van der Waals surface area contributed by atoms with Crippen molar-refractivity contribution >= 4 is 28.3 Å². The Hall–Kier alpha value is -2.86. The number of amides is 1. The van der Waals surface area contributed by atoms with E-state index in [4.69, 9.17) is 4.98 Å². The zero-order valence-electron chi connectivity index (χ0n) is 16.0. The highest BCUT2D eigenvalue weighted by atomic mass is 32.1. The molecule has 1 amide bonds. The normalized spacial score (nSPS) is 13.7. The number of para-hydroxylation sites is 2. The number of nitrogens with zero attached hydrogens (tertiary/aromatic N) is 2. The first kappa shape index (κ1) is 18.5. The number of carbonyl (C=O) groups is 1. The van der Waals surface area contributed by atoms with Crippen LogP contribution < -0.4 is 5.32 Å². The molecule has 0 aliphatic rings. The van der Waals surface area contributed by atoms with E-state index in [1.165, 1.54) is 0 Å². The molecule has 28 heavy (non-hydrogen) atoms. The van der Waals surface area contributed by atoms with Crippen LogP contribution in [0.3, 0.4) is 0 Å². The Morgan fingerprint density at radius 2 is 1.96 bits per heavy atom. The number of benzene rings is 1. The predicted molar refractivity (Wildman–Crippen MR) is 113 cm³/mol. The molecular weight excluding hydrogens is 368 g/mol. The van der Waals surface area contributed by atoms with Crippen LogP contribution in [0.5, 0.6) is 0 Å². The van der Waals surface area contributed by atoms with Crippen LogP contribution in [0.25, 0.3) is 11.0 Å². The van der Waals surface area contributed by atoms with Crippen LogP contribution in [-0.4, -0.2) is 20.4 Å². The van der Waals surface area contributed by atoms with Gasteiger partial charge in [-0.15, -0.1) is 0 Å². The quantitative estimate of drug-likeness (QED) is 0.469. The molecule has 1 unspecified atom stereocenters. The molecule has 3 heterocycles. The second kappa shape index (κ2) is 8.02. The summed E-state index contributed by atoms with van der Waals surface area (Å²) in [5, 5.41) is 7.36. The van der Waals surface area contributed by atoms with Gasteiger partial charge in [0, 0.05) is 12.4 Å². The highest BCUT2D eigenvalue weighted by molar-refractivity contribution is 7.08. The van der Waals surface area contributed by atoms with Gasteiger partial charge in [-0.05, 0) is 52.6 Å². The van der Waals surface area contributed by atoms with E-state index < -0.39 is 0 Å². The van der Waals surface area contributed by atoms with Gasteiger partial charge in [-0.25, -0.2) is 4.98 Å². The van der Waals surface area contributed by atoms with Crippen LogP contribution in [0.1, 0.15) is 43.7 Å². The van der Waals surface area contributed by atoms with Crippen molar-refractivity contribution in [3.8, 4) is 0 Å². The lowest BCUT2D eigenvalue weighted by molar-refractivity contribution is -0.122. The van der Waals surface area contributed by atoms with Crippen molar-refractivity contribution in [1.82, 2.24) is 19.9 Å². The molecule has 4 aromatic rings. The van der Waals surface area contributed by atoms with Gasteiger partial charge in [0.05, 0.1) is 29.5 Å². The molecule has 0 saturated heterocycles. The van der Waals surface area contributed by atoms with Gasteiger partial charge in [0.2, 0.25) is 5.91 Å². The number of hydrogen-bond donors (Lipinski definition) is 2. The number of hydrogen-bond acceptors (Lipinski definition) is 3. The molecule has 5 nitrogen and oxygen atoms in total. The van der Waals surface area contributed by atoms with Crippen molar-refractivity contribution in [3.05, 3.63) is 77.0 Å². The molecule has 0 radical (unpaired) electrons. The molecular formula is C22H24N4OS. The van der Waals surface area contributed by atoms with Crippen molar-refractivity contribution in [2.24, 2.45) is 5.92 Å². The molecule has 0 aliphatic heterocycles. The Kier molecular flexibility index (Phi) is 5.30. The number of aromatic nitrogens is 3. The highest BCUT2D eigenvalue weighted by Gasteiger charge is 2.24. The standard InChI is InChI=1S/C22H24N4OS/c1-15(2)21(22-23-17-7-3-4-8-18(17)24-22)25-20(27)13-19(16-9-12-28-14-16)26-10-5-6-11-26/h3-12,14-15,19,21H,13H2,1-2H3,(H,23,24)(H,25,27)/t19?,21-/m0/s1. The molecule has 0 spiro atoms. The van der Waals surface area contributed by atoms with Crippen molar-refractivity contribution in [1.29, 1.82) is 0 Å². The number of imidazole rings is 1. The third-order valence-electron chi connectivity index (χ3n) is 4.98. The number of aromatic amines is 1. The molecule has 2 atom stereocenters. The van der Waals surface area contributed by atoms with Crippen molar-refractivity contribution in [2.75, 3.05) is 0 Å². The number of carbonyl (C=O) groups excluding carboxylic acids is 1.